The molecule has 25 heavy (non-hydrogen) atoms. The van der Waals surface area contributed by atoms with Gasteiger partial charge in [-0.15, -0.1) is 5.11 Å². The molecule has 1 aliphatic rings. The van der Waals surface area contributed by atoms with Gasteiger partial charge in [0.2, 0.25) is 0 Å². The highest BCUT2D eigenvalue weighted by Gasteiger charge is 2.35. The lowest BCUT2D eigenvalue weighted by Gasteiger charge is -2.13. The number of halogens is 4. The number of ether oxygens (including phenoxy) is 1. The Labute approximate surface area is 146 Å². The van der Waals surface area contributed by atoms with Crippen molar-refractivity contribution in [1.29, 1.82) is 0 Å². The number of alkyl halides is 3. The number of hydrogen-bond acceptors (Lipinski definition) is 3. The zero-order valence-corrected chi connectivity index (χ0v) is 13.6. The zero-order valence-electron chi connectivity index (χ0n) is 12.8. The van der Waals surface area contributed by atoms with E-state index in [0.29, 0.717) is 16.8 Å². The van der Waals surface area contributed by atoms with E-state index in [1.807, 2.05) is 6.07 Å². The van der Waals surface area contributed by atoms with Gasteiger partial charge in [0, 0.05) is 17.5 Å². The number of rotatable bonds is 3. The third-order valence-electron chi connectivity index (χ3n) is 3.88. The van der Waals surface area contributed by atoms with Crippen molar-refractivity contribution < 1.29 is 17.9 Å². The number of fused-ring (bicyclic) bond motifs is 1. The first-order chi connectivity index (χ1) is 11.8. The second-order valence-corrected chi connectivity index (χ2v) is 5.95. The highest BCUT2D eigenvalue weighted by atomic mass is 35.5. The van der Waals surface area contributed by atoms with Gasteiger partial charge in [-0.25, -0.2) is 0 Å². The molecular formula is C17H13ClF3N3O. The summed E-state index contributed by atoms with van der Waals surface area (Å²) in [7, 11) is 0. The van der Waals surface area contributed by atoms with Gasteiger partial charge in [0.15, 0.2) is 0 Å². The molecule has 1 atom stereocenters. The Hall–Kier alpha value is -2.54. The van der Waals surface area contributed by atoms with E-state index in [4.69, 9.17) is 22.2 Å². The van der Waals surface area contributed by atoms with Crippen molar-refractivity contribution in [2.75, 3.05) is 0 Å². The minimum absolute atomic E-state index is 0.0511. The molecule has 0 radical (unpaired) electrons. The molecule has 2 aromatic rings. The molecule has 0 saturated heterocycles. The van der Waals surface area contributed by atoms with E-state index in [0.717, 1.165) is 17.7 Å². The summed E-state index contributed by atoms with van der Waals surface area (Å²) in [4.78, 5) is 0. The summed E-state index contributed by atoms with van der Waals surface area (Å²) in [6.07, 6.45) is -4.62. The van der Waals surface area contributed by atoms with Crippen LogP contribution in [0.5, 0.6) is 5.75 Å². The van der Waals surface area contributed by atoms with E-state index in [1.54, 1.807) is 18.2 Å². The van der Waals surface area contributed by atoms with Crippen molar-refractivity contribution in [2.45, 2.75) is 18.7 Å². The fourth-order valence-corrected chi connectivity index (χ4v) is 3.00. The van der Waals surface area contributed by atoms with Gasteiger partial charge in [0.05, 0.1) is 16.3 Å². The van der Waals surface area contributed by atoms with Crippen molar-refractivity contribution in [3.8, 4) is 5.75 Å². The fourth-order valence-electron chi connectivity index (χ4n) is 2.71. The van der Waals surface area contributed by atoms with E-state index in [1.165, 1.54) is 0 Å². The third kappa shape index (κ3) is 3.46. The standard InChI is InChI=1S/C17H13ClF3N3O/c1-9(23-24-22)10-3-2-4-11(5-10)15-7-12-6-13(17(19,20)21)8-14(18)16(12)25-15/h2-6,8,15H,1,7H2,(H2,22,23). The summed E-state index contributed by atoms with van der Waals surface area (Å²) in [6, 6.07) is 9.10. The molecule has 4 nitrogen and oxygen atoms in total. The fraction of sp³-hybridized carbons (Fsp3) is 0.176. The number of nitrogens with two attached hydrogens (primary N) is 1. The summed E-state index contributed by atoms with van der Waals surface area (Å²) < 4.78 is 44.6. The van der Waals surface area contributed by atoms with Crippen LogP contribution in [-0.4, -0.2) is 0 Å². The first-order valence-corrected chi connectivity index (χ1v) is 7.64. The molecule has 8 heteroatoms. The molecule has 0 fully saturated rings. The molecule has 1 unspecified atom stereocenters. The SMILES string of the molecule is C=C(N=NN)c1cccc(C2Cc3cc(C(F)(F)F)cc(Cl)c3O2)c1. The molecule has 0 aliphatic carbocycles. The van der Waals surface area contributed by atoms with Crippen LogP contribution in [0.15, 0.2) is 53.3 Å². The average molecular weight is 368 g/mol. The Morgan fingerprint density at radius 1 is 1.28 bits per heavy atom. The Kier molecular flexibility index (Phi) is 4.43. The molecule has 1 heterocycles. The maximum Gasteiger partial charge on any atom is 0.416 e. The molecule has 0 aromatic heterocycles. The second-order valence-electron chi connectivity index (χ2n) is 5.54. The lowest BCUT2D eigenvalue weighted by atomic mass is 10.00. The zero-order chi connectivity index (χ0) is 18.2. The number of nitrogens with zero attached hydrogens (tertiary/aromatic N) is 2. The van der Waals surface area contributed by atoms with Crippen LogP contribution in [0, 0.1) is 0 Å². The smallest absolute Gasteiger partial charge is 0.416 e. The van der Waals surface area contributed by atoms with E-state index in [2.05, 4.69) is 16.9 Å². The van der Waals surface area contributed by atoms with Crippen LogP contribution in [0.25, 0.3) is 5.70 Å². The van der Waals surface area contributed by atoms with Crippen LogP contribution in [0.3, 0.4) is 0 Å². The number of hydrogen-bond donors (Lipinski definition) is 1. The van der Waals surface area contributed by atoms with E-state index >= 15 is 0 Å². The van der Waals surface area contributed by atoms with Crippen molar-refractivity contribution in [2.24, 2.45) is 16.2 Å². The summed E-state index contributed by atoms with van der Waals surface area (Å²) in [5.74, 6) is 5.30. The van der Waals surface area contributed by atoms with Crippen LogP contribution >= 0.6 is 11.6 Å². The lowest BCUT2D eigenvalue weighted by molar-refractivity contribution is -0.137. The van der Waals surface area contributed by atoms with Crippen LogP contribution < -0.4 is 10.6 Å². The van der Waals surface area contributed by atoms with Gasteiger partial charge in [-0.05, 0) is 23.8 Å². The molecule has 3 rings (SSSR count). The Bertz CT molecular complexity index is 865. The van der Waals surface area contributed by atoms with Gasteiger partial charge in [-0.2, -0.15) is 13.2 Å². The summed E-state index contributed by atoms with van der Waals surface area (Å²) in [6.45, 7) is 3.75. The highest BCUT2D eigenvalue weighted by molar-refractivity contribution is 6.32. The van der Waals surface area contributed by atoms with Crippen molar-refractivity contribution in [3.63, 3.8) is 0 Å². The summed E-state index contributed by atoms with van der Waals surface area (Å²) in [5, 5.41) is 6.81. The molecule has 2 N–H and O–H groups in total. The molecule has 1 aliphatic heterocycles. The normalized spacial score (nSPS) is 16.7. The van der Waals surface area contributed by atoms with Gasteiger partial charge in [-0.3, -0.25) is 0 Å². The quantitative estimate of drug-likeness (QED) is 0.452. The minimum atomic E-state index is -4.46. The predicted octanol–water partition coefficient (Wildman–Crippen LogP) is 5.33. The van der Waals surface area contributed by atoms with Crippen LogP contribution in [0.1, 0.15) is 28.4 Å². The molecule has 0 bridgehead atoms. The monoisotopic (exact) mass is 367 g/mol. The van der Waals surface area contributed by atoms with Crippen molar-refractivity contribution in [1.82, 2.24) is 0 Å². The lowest BCUT2D eigenvalue weighted by Crippen LogP contribution is -2.05. The minimum Gasteiger partial charge on any atom is -0.484 e. The van der Waals surface area contributed by atoms with Crippen LogP contribution in [0.4, 0.5) is 13.2 Å². The van der Waals surface area contributed by atoms with E-state index in [9.17, 15) is 13.2 Å². The molecule has 0 amide bonds. The first kappa shape index (κ1) is 17.3. The molecule has 0 spiro atoms. The van der Waals surface area contributed by atoms with E-state index in [-0.39, 0.29) is 17.2 Å². The van der Waals surface area contributed by atoms with Gasteiger partial charge in [-0.1, -0.05) is 41.6 Å². The topological polar surface area (TPSA) is 60.0 Å². The Morgan fingerprint density at radius 3 is 2.72 bits per heavy atom. The first-order valence-electron chi connectivity index (χ1n) is 7.26. The Balaban J connectivity index is 1.91. The predicted molar refractivity (Wildman–Crippen MR) is 88.0 cm³/mol. The maximum atomic E-state index is 12.9. The largest absolute Gasteiger partial charge is 0.484 e. The summed E-state index contributed by atoms with van der Waals surface area (Å²) in [5.41, 5.74) is 1.47. The van der Waals surface area contributed by atoms with Crippen molar-refractivity contribution in [3.05, 3.63) is 70.3 Å². The van der Waals surface area contributed by atoms with Gasteiger partial charge in [0.1, 0.15) is 11.9 Å². The molecule has 0 saturated carbocycles. The highest BCUT2D eigenvalue weighted by Crippen LogP contribution is 2.45. The molecule has 2 aromatic carbocycles. The number of benzene rings is 2. The van der Waals surface area contributed by atoms with Crippen molar-refractivity contribution >= 4 is 17.3 Å². The maximum absolute atomic E-state index is 12.9. The van der Waals surface area contributed by atoms with Crippen LogP contribution in [0.2, 0.25) is 5.02 Å². The average Bonchev–Trinajstić information content (AvgIpc) is 2.99. The van der Waals surface area contributed by atoms with Gasteiger partial charge in [0.25, 0.3) is 0 Å². The van der Waals surface area contributed by atoms with Crippen LogP contribution in [-0.2, 0) is 12.6 Å². The van der Waals surface area contributed by atoms with Gasteiger partial charge >= 0.3 is 6.18 Å². The van der Waals surface area contributed by atoms with E-state index < -0.39 is 17.8 Å². The third-order valence-corrected chi connectivity index (χ3v) is 4.16. The van der Waals surface area contributed by atoms with Gasteiger partial charge < -0.3 is 10.6 Å². The Morgan fingerprint density at radius 2 is 2.04 bits per heavy atom. The molecular weight excluding hydrogens is 355 g/mol. The second kappa shape index (κ2) is 6.40. The summed E-state index contributed by atoms with van der Waals surface area (Å²) >= 11 is 5.98. The molecule has 130 valence electrons.